The zero-order chi connectivity index (χ0) is 22.5. The molecule has 6 nitrogen and oxygen atoms in total. The van der Waals surface area contributed by atoms with Crippen LogP contribution in [0.15, 0.2) is 70.5 Å². The predicted octanol–water partition coefficient (Wildman–Crippen LogP) is 5.64. The SMILES string of the molecule is CCNC(=O)c1ccc(CN(c2ccc(OC)cc2)c2nc(-c3ccc(F)cc3)cs2)o1. The molecule has 4 aromatic rings. The molecule has 0 radical (unpaired) electrons. The van der Waals surface area contributed by atoms with Gasteiger partial charge in [0.25, 0.3) is 5.91 Å². The highest BCUT2D eigenvalue weighted by Gasteiger charge is 2.18. The molecule has 1 amide bonds. The van der Waals surface area contributed by atoms with E-state index >= 15 is 0 Å². The Bertz CT molecular complexity index is 1190. The maximum atomic E-state index is 13.3. The van der Waals surface area contributed by atoms with Gasteiger partial charge >= 0.3 is 0 Å². The number of hydrogen-bond acceptors (Lipinski definition) is 6. The minimum absolute atomic E-state index is 0.248. The fourth-order valence-corrected chi connectivity index (χ4v) is 4.02. The quantitative estimate of drug-likeness (QED) is 0.376. The van der Waals surface area contributed by atoms with Crippen LogP contribution in [0.25, 0.3) is 11.3 Å². The zero-order valence-electron chi connectivity index (χ0n) is 17.7. The molecule has 0 spiro atoms. The predicted molar refractivity (Wildman–Crippen MR) is 123 cm³/mol. The second kappa shape index (κ2) is 9.65. The van der Waals surface area contributed by atoms with Crippen LogP contribution in [0.1, 0.15) is 23.2 Å². The Morgan fingerprint density at radius 2 is 1.88 bits per heavy atom. The van der Waals surface area contributed by atoms with E-state index in [4.69, 9.17) is 14.1 Å². The minimum atomic E-state index is -0.287. The lowest BCUT2D eigenvalue weighted by molar-refractivity contribution is 0.0926. The van der Waals surface area contributed by atoms with Crippen molar-refractivity contribution in [3.05, 3.63) is 83.4 Å². The number of rotatable bonds is 8. The van der Waals surface area contributed by atoms with Crippen molar-refractivity contribution in [3.63, 3.8) is 0 Å². The van der Waals surface area contributed by atoms with E-state index in [0.29, 0.717) is 18.8 Å². The molecule has 8 heteroatoms. The van der Waals surface area contributed by atoms with E-state index in [9.17, 15) is 9.18 Å². The van der Waals surface area contributed by atoms with Gasteiger partial charge in [-0.3, -0.25) is 4.79 Å². The summed E-state index contributed by atoms with van der Waals surface area (Å²) in [6, 6.07) is 17.3. The van der Waals surface area contributed by atoms with Gasteiger partial charge < -0.3 is 19.4 Å². The number of hydrogen-bond donors (Lipinski definition) is 1. The molecule has 2 heterocycles. The van der Waals surface area contributed by atoms with E-state index in [-0.39, 0.29) is 17.5 Å². The van der Waals surface area contributed by atoms with E-state index < -0.39 is 0 Å². The summed E-state index contributed by atoms with van der Waals surface area (Å²) in [7, 11) is 1.62. The third kappa shape index (κ3) is 4.81. The van der Waals surface area contributed by atoms with E-state index in [2.05, 4.69) is 5.32 Å². The smallest absolute Gasteiger partial charge is 0.286 e. The van der Waals surface area contributed by atoms with Crippen LogP contribution in [-0.4, -0.2) is 24.5 Å². The number of nitrogens with one attached hydrogen (secondary N) is 1. The molecule has 1 N–H and O–H groups in total. The van der Waals surface area contributed by atoms with Crippen molar-refractivity contribution in [1.29, 1.82) is 0 Å². The van der Waals surface area contributed by atoms with Gasteiger partial charge in [-0.05, 0) is 67.6 Å². The number of thiazole rings is 1. The number of benzene rings is 2. The van der Waals surface area contributed by atoms with Gasteiger partial charge in [0.15, 0.2) is 10.9 Å². The lowest BCUT2D eigenvalue weighted by Crippen LogP contribution is -2.22. The lowest BCUT2D eigenvalue weighted by atomic mass is 10.2. The fourth-order valence-electron chi connectivity index (χ4n) is 3.16. The fraction of sp³-hybridized carbons (Fsp3) is 0.167. The first-order chi connectivity index (χ1) is 15.6. The van der Waals surface area contributed by atoms with Crippen LogP contribution in [0.4, 0.5) is 15.2 Å². The molecule has 4 rings (SSSR count). The molecule has 0 atom stereocenters. The van der Waals surface area contributed by atoms with Crippen LogP contribution in [0, 0.1) is 5.82 Å². The van der Waals surface area contributed by atoms with E-state index in [1.54, 1.807) is 31.4 Å². The second-order valence-corrected chi connectivity index (χ2v) is 7.77. The number of ether oxygens (including phenoxy) is 1. The molecular weight excluding hydrogens is 429 g/mol. The molecule has 0 saturated carbocycles. The largest absolute Gasteiger partial charge is 0.497 e. The van der Waals surface area contributed by atoms with Crippen LogP contribution in [0.2, 0.25) is 0 Å². The van der Waals surface area contributed by atoms with Crippen molar-refractivity contribution in [3.8, 4) is 17.0 Å². The third-order valence-corrected chi connectivity index (χ3v) is 5.65. The second-order valence-electron chi connectivity index (χ2n) is 6.93. The Morgan fingerprint density at radius 3 is 2.56 bits per heavy atom. The normalized spacial score (nSPS) is 10.7. The summed E-state index contributed by atoms with van der Waals surface area (Å²) in [5.74, 6) is 1.10. The summed E-state index contributed by atoms with van der Waals surface area (Å²) < 4.78 is 24.3. The third-order valence-electron chi connectivity index (χ3n) is 4.78. The van der Waals surface area contributed by atoms with Gasteiger partial charge in [-0.25, -0.2) is 9.37 Å². The first-order valence-corrected chi connectivity index (χ1v) is 11.0. The monoisotopic (exact) mass is 451 g/mol. The number of amides is 1. The van der Waals surface area contributed by atoms with E-state index in [0.717, 1.165) is 27.8 Å². The number of anilines is 2. The summed E-state index contributed by atoms with van der Waals surface area (Å²) in [6.07, 6.45) is 0. The van der Waals surface area contributed by atoms with E-state index in [1.807, 2.05) is 41.5 Å². The first-order valence-electron chi connectivity index (χ1n) is 10.1. The van der Waals surface area contributed by atoms with Crippen molar-refractivity contribution in [2.24, 2.45) is 0 Å². The van der Waals surface area contributed by atoms with Crippen LogP contribution in [0.5, 0.6) is 5.75 Å². The molecule has 0 unspecified atom stereocenters. The molecule has 0 aliphatic heterocycles. The van der Waals surface area contributed by atoms with Gasteiger partial charge in [-0.1, -0.05) is 0 Å². The van der Waals surface area contributed by atoms with Gasteiger partial charge in [-0.15, -0.1) is 11.3 Å². The van der Waals surface area contributed by atoms with Crippen LogP contribution < -0.4 is 15.0 Å². The van der Waals surface area contributed by atoms with Gasteiger partial charge in [0.05, 0.1) is 19.3 Å². The number of carbonyl (C=O) groups excluding carboxylic acids is 1. The van der Waals surface area contributed by atoms with Crippen molar-refractivity contribution >= 4 is 28.1 Å². The molecule has 32 heavy (non-hydrogen) atoms. The highest BCUT2D eigenvalue weighted by Crippen LogP contribution is 2.34. The Hall–Kier alpha value is -3.65. The molecule has 0 saturated heterocycles. The molecule has 2 aromatic heterocycles. The molecule has 164 valence electrons. The maximum absolute atomic E-state index is 13.3. The number of halogens is 1. The van der Waals surface area contributed by atoms with Gasteiger partial charge in [0, 0.05) is 23.2 Å². The molecule has 0 aliphatic carbocycles. The maximum Gasteiger partial charge on any atom is 0.286 e. The van der Waals surface area contributed by atoms with Gasteiger partial charge in [0.1, 0.15) is 17.3 Å². The highest BCUT2D eigenvalue weighted by atomic mass is 32.1. The topological polar surface area (TPSA) is 67.6 Å². The van der Waals surface area contributed by atoms with Crippen LogP contribution in [0.3, 0.4) is 0 Å². The summed E-state index contributed by atoms with van der Waals surface area (Å²) in [6.45, 7) is 2.76. The molecule has 2 aromatic carbocycles. The van der Waals surface area contributed by atoms with Crippen LogP contribution in [-0.2, 0) is 6.54 Å². The lowest BCUT2D eigenvalue weighted by Gasteiger charge is -2.21. The Balaban J connectivity index is 1.65. The van der Waals surface area contributed by atoms with Gasteiger partial charge in [0.2, 0.25) is 0 Å². The van der Waals surface area contributed by atoms with Crippen molar-refractivity contribution in [2.45, 2.75) is 13.5 Å². The first kappa shape index (κ1) is 21.6. The summed E-state index contributed by atoms with van der Waals surface area (Å²) >= 11 is 1.47. The minimum Gasteiger partial charge on any atom is -0.497 e. The van der Waals surface area contributed by atoms with Crippen molar-refractivity contribution in [2.75, 3.05) is 18.6 Å². The number of aromatic nitrogens is 1. The average molecular weight is 452 g/mol. The average Bonchev–Trinajstić information content (AvgIpc) is 3.48. The van der Waals surface area contributed by atoms with Gasteiger partial charge in [-0.2, -0.15) is 0 Å². The van der Waals surface area contributed by atoms with Crippen LogP contribution >= 0.6 is 11.3 Å². The molecule has 0 aliphatic rings. The van der Waals surface area contributed by atoms with E-state index in [1.165, 1.54) is 23.5 Å². The van der Waals surface area contributed by atoms with Crippen molar-refractivity contribution < 1.29 is 18.3 Å². The molecular formula is C24H22FN3O3S. The number of methoxy groups -OCH3 is 1. The highest BCUT2D eigenvalue weighted by molar-refractivity contribution is 7.14. The number of furan rings is 1. The molecule has 0 bridgehead atoms. The Morgan fingerprint density at radius 1 is 1.12 bits per heavy atom. The Labute approximate surface area is 189 Å². The standard InChI is InChI=1S/C24H22FN3O3S/c1-3-26-23(29)22-13-12-20(31-22)14-28(18-8-10-19(30-2)11-9-18)24-27-21(15-32-24)16-4-6-17(25)7-5-16/h4-13,15H,3,14H2,1-2H3,(H,26,29). The summed E-state index contributed by atoms with van der Waals surface area (Å²) in [4.78, 5) is 18.8. The molecule has 0 fully saturated rings. The number of nitrogens with zero attached hydrogens (tertiary/aromatic N) is 2. The Kier molecular flexibility index (Phi) is 6.51. The zero-order valence-corrected chi connectivity index (χ0v) is 18.5. The van der Waals surface area contributed by atoms with Crippen molar-refractivity contribution in [1.82, 2.24) is 10.3 Å². The summed E-state index contributed by atoms with van der Waals surface area (Å²) in [5.41, 5.74) is 2.48. The number of carbonyl (C=O) groups is 1. The summed E-state index contributed by atoms with van der Waals surface area (Å²) in [5, 5.41) is 5.41.